The molecule has 1 aromatic heterocycles. The number of urea groups is 1. The molecule has 7 heteroatoms. The number of nitrogens with zero attached hydrogens (tertiary/aromatic N) is 3. The third kappa shape index (κ3) is 4.31. The second-order valence-corrected chi connectivity index (χ2v) is 6.79. The van der Waals surface area contributed by atoms with Gasteiger partial charge in [-0.1, -0.05) is 41.6 Å². The molecule has 1 N–H and O–H groups in total. The lowest BCUT2D eigenvalue weighted by atomic mass is 10.1. The van der Waals surface area contributed by atoms with Gasteiger partial charge in [0, 0.05) is 12.1 Å². The topological polar surface area (TPSA) is 80.5 Å². The summed E-state index contributed by atoms with van der Waals surface area (Å²) in [6.45, 7) is 3.54. The molecule has 0 saturated carbocycles. The van der Waals surface area contributed by atoms with Crippen molar-refractivity contribution >= 4 is 6.03 Å². The molecule has 144 valence electrons. The Morgan fingerprint density at radius 2 is 2.04 bits per heavy atom. The molecule has 28 heavy (non-hydrogen) atoms. The summed E-state index contributed by atoms with van der Waals surface area (Å²) in [6, 6.07) is 17.6. The number of hydrogen-bond acceptors (Lipinski definition) is 5. The second kappa shape index (κ2) is 8.12. The van der Waals surface area contributed by atoms with Gasteiger partial charge in [0.05, 0.1) is 13.1 Å². The number of aryl methyl sites for hydroxylation is 1. The van der Waals surface area contributed by atoms with Gasteiger partial charge in [-0.3, -0.25) is 0 Å². The van der Waals surface area contributed by atoms with Gasteiger partial charge >= 0.3 is 6.03 Å². The number of ether oxygens (including phenoxy) is 1. The molecule has 7 nitrogen and oxygen atoms in total. The van der Waals surface area contributed by atoms with Gasteiger partial charge in [0.25, 0.3) is 5.89 Å². The Morgan fingerprint density at radius 1 is 1.21 bits per heavy atom. The van der Waals surface area contributed by atoms with Gasteiger partial charge in [-0.05, 0) is 37.1 Å². The highest BCUT2D eigenvalue weighted by atomic mass is 16.5. The van der Waals surface area contributed by atoms with Crippen molar-refractivity contribution in [2.75, 3.05) is 19.6 Å². The highest BCUT2D eigenvalue weighted by molar-refractivity contribution is 5.75. The van der Waals surface area contributed by atoms with E-state index in [1.165, 1.54) is 5.56 Å². The smallest absolute Gasteiger partial charge is 0.317 e. The van der Waals surface area contributed by atoms with Gasteiger partial charge in [0.1, 0.15) is 11.9 Å². The monoisotopic (exact) mass is 378 g/mol. The number of benzene rings is 2. The van der Waals surface area contributed by atoms with Crippen molar-refractivity contribution in [1.29, 1.82) is 0 Å². The Labute approximate surface area is 163 Å². The van der Waals surface area contributed by atoms with E-state index in [2.05, 4.69) is 27.6 Å². The molecule has 1 aliphatic heterocycles. The molecule has 0 unspecified atom stereocenters. The lowest BCUT2D eigenvalue weighted by Crippen LogP contribution is -2.59. The third-order valence-electron chi connectivity index (χ3n) is 4.58. The fraction of sp³-hybridized carbons (Fsp3) is 0.286. The number of carbonyl (C=O) groups excluding carboxylic acids is 1. The first-order valence-corrected chi connectivity index (χ1v) is 9.31. The summed E-state index contributed by atoms with van der Waals surface area (Å²) < 4.78 is 11.2. The zero-order valence-corrected chi connectivity index (χ0v) is 15.7. The van der Waals surface area contributed by atoms with Crippen molar-refractivity contribution < 1.29 is 14.1 Å². The molecule has 0 atom stereocenters. The van der Waals surface area contributed by atoms with Crippen LogP contribution >= 0.6 is 0 Å². The maximum absolute atomic E-state index is 12.2. The number of carbonyl (C=O) groups is 1. The summed E-state index contributed by atoms with van der Waals surface area (Å²) in [5.74, 6) is 1.78. The van der Waals surface area contributed by atoms with Crippen LogP contribution in [-0.4, -0.2) is 46.8 Å². The van der Waals surface area contributed by atoms with Gasteiger partial charge in [0.2, 0.25) is 0 Å². The van der Waals surface area contributed by atoms with E-state index < -0.39 is 0 Å². The predicted molar refractivity (Wildman–Crippen MR) is 104 cm³/mol. The Hall–Kier alpha value is -3.35. The molecular formula is C21H22N4O3. The molecule has 2 amide bonds. The van der Waals surface area contributed by atoms with E-state index in [0.717, 1.165) is 17.7 Å². The predicted octanol–water partition coefficient (Wildman–Crippen LogP) is 3.06. The van der Waals surface area contributed by atoms with Gasteiger partial charge < -0.3 is 19.5 Å². The zero-order valence-electron chi connectivity index (χ0n) is 15.7. The van der Waals surface area contributed by atoms with Gasteiger partial charge in [-0.2, -0.15) is 4.98 Å². The zero-order chi connectivity index (χ0) is 19.3. The first kappa shape index (κ1) is 18.0. The standard InChI is InChI=1S/C21H22N4O3/c1-15-23-20(28-24-15)17-8-5-9-18(12-17)27-19-13-25(14-19)21(26)22-11-10-16-6-3-2-4-7-16/h2-9,12,19H,10-11,13-14H2,1H3,(H,22,26). The molecule has 3 aromatic rings. The van der Waals surface area contributed by atoms with E-state index in [1.807, 2.05) is 42.5 Å². The Morgan fingerprint density at radius 3 is 2.79 bits per heavy atom. The molecular weight excluding hydrogens is 356 g/mol. The molecule has 1 saturated heterocycles. The molecule has 0 radical (unpaired) electrons. The van der Waals surface area contributed by atoms with Gasteiger partial charge in [-0.25, -0.2) is 4.79 Å². The lowest BCUT2D eigenvalue weighted by Gasteiger charge is -2.38. The second-order valence-electron chi connectivity index (χ2n) is 6.79. The van der Waals surface area contributed by atoms with Crippen LogP contribution in [0.5, 0.6) is 5.75 Å². The number of aromatic nitrogens is 2. The maximum atomic E-state index is 12.2. The Kier molecular flexibility index (Phi) is 5.23. The summed E-state index contributed by atoms with van der Waals surface area (Å²) in [5.41, 5.74) is 2.02. The third-order valence-corrected chi connectivity index (χ3v) is 4.58. The van der Waals surface area contributed by atoms with Crippen molar-refractivity contribution in [2.45, 2.75) is 19.4 Å². The van der Waals surface area contributed by atoms with E-state index >= 15 is 0 Å². The van der Waals surface area contributed by atoms with Crippen molar-refractivity contribution in [2.24, 2.45) is 0 Å². The molecule has 4 rings (SSSR count). The maximum Gasteiger partial charge on any atom is 0.317 e. The molecule has 0 aliphatic carbocycles. The van der Waals surface area contributed by atoms with Gasteiger partial charge in [0.15, 0.2) is 5.82 Å². The molecule has 2 heterocycles. The van der Waals surface area contributed by atoms with E-state index in [0.29, 0.717) is 31.3 Å². The minimum atomic E-state index is -0.0501. The molecule has 2 aromatic carbocycles. The van der Waals surface area contributed by atoms with Crippen LogP contribution in [0.4, 0.5) is 4.79 Å². The molecule has 1 aliphatic rings. The average molecular weight is 378 g/mol. The van der Waals surface area contributed by atoms with Gasteiger partial charge in [-0.15, -0.1) is 0 Å². The minimum absolute atomic E-state index is 0.0143. The van der Waals surface area contributed by atoms with E-state index in [4.69, 9.17) is 9.26 Å². The fourth-order valence-electron chi connectivity index (χ4n) is 3.06. The van der Waals surface area contributed by atoms with Crippen LogP contribution in [0.1, 0.15) is 11.4 Å². The van der Waals surface area contributed by atoms with E-state index in [-0.39, 0.29) is 12.1 Å². The van der Waals surface area contributed by atoms with E-state index in [1.54, 1.807) is 11.8 Å². The van der Waals surface area contributed by atoms with Crippen molar-refractivity contribution in [1.82, 2.24) is 20.4 Å². The molecule has 1 fully saturated rings. The first-order chi connectivity index (χ1) is 13.7. The summed E-state index contributed by atoms with van der Waals surface area (Å²) in [7, 11) is 0. The van der Waals surface area contributed by atoms with Crippen LogP contribution in [0.25, 0.3) is 11.5 Å². The minimum Gasteiger partial charge on any atom is -0.487 e. The number of rotatable bonds is 6. The number of nitrogens with one attached hydrogen (secondary N) is 1. The molecule has 0 bridgehead atoms. The fourth-order valence-corrected chi connectivity index (χ4v) is 3.06. The van der Waals surface area contributed by atoms with Crippen LogP contribution < -0.4 is 10.1 Å². The lowest BCUT2D eigenvalue weighted by molar-refractivity contribution is 0.0446. The molecule has 0 spiro atoms. The van der Waals surface area contributed by atoms with Crippen LogP contribution in [0, 0.1) is 6.92 Å². The first-order valence-electron chi connectivity index (χ1n) is 9.31. The average Bonchev–Trinajstić information content (AvgIpc) is 3.12. The van der Waals surface area contributed by atoms with E-state index in [9.17, 15) is 4.79 Å². The summed E-state index contributed by atoms with van der Waals surface area (Å²) in [4.78, 5) is 18.2. The van der Waals surface area contributed by atoms with Crippen LogP contribution in [0.3, 0.4) is 0 Å². The number of hydrogen-bond donors (Lipinski definition) is 1. The Balaban J connectivity index is 1.23. The van der Waals surface area contributed by atoms with Crippen molar-refractivity contribution in [3.05, 3.63) is 66.0 Å². The van der Waals surface area contributed by atoms with Crippen LogP contribution in [0.15, 0.2) is 59.1 Å². The Bertz CT molecular complexity index is 936. The number of amides is 2. The largest absolute Gasteiger partial charge is 0.487 e. The summed E-state index contributed by atoms with van der Waals surface area (Å²) in [5, 5.41) is 6.76. The van der Waals surface area contributed by atoms with Crippen molar-refractivity contribution in [3.63, 3.8) is 0 Å². The SMILES string of the molecule is Cc1noc(-c2cccc(OC3CN(C(=O)NCCc4ccccc4)C3)c2)n1. The normalized spacial score (nSPS) is 13.8. The van der Waals surface area contributed by atoms with Crippen LogP contribution in [0.2, 0.25) is 0 Å². The van der Waals surface area contributed by atoms with Crippen molar-refractivity contribution in [3.8, 4) is 17.2 Å². The summed E-state index contributed by atoms with van der Waals surface area (Å²) >= 11 is 0. The quantitative estimate of drug-likeness (QED) is 0.713. The van der Waals surface area contributed by atoms with Crippen LogP contribution in [-0.2, 0) is 6.42 Å². The summed E-state index contributed by atoms with van der Waals surface area (Å²) in [6.07, 6.45) is 0.807. The highest BCUT2D eigenvalue weighted by Gasteiger charge is 2.32. The number of likely N-dealkylation sites (tertiary alicyclic amines) is 1. The highest BCUT2D eigenvalue weighted by Crippen LogP contribution is 2.24.